The number of nitrogens with two attached hydrogens (primary N) is 1. The van der Waals surface area contributed by atoms with Gasteiger partial charge >= 0.3 is 0 Å². The van der Waals surface area contributed by atoms with Crippen LogP contribution in [0.15, 0.2) is 17.1 Å². The fraction of sp³-hybridized carbons (Fsp3) is 0.769. The van der Waals surface area contributed by atoms with Crippen molar-refractivity contribution >= 4 is 29.9 Å². The SMILES string of the molecule is C=C(C)CNC(N)=NCC(CC(C)C)N(C)C.I. The minimum atomic E-state index is 0. The highest BCUT2D eigenvalue weighted by molar-refractivity contribution is 14.0. The van der Waals surface area contributed by atoms with Crippen molar-refractivity contribution in [2.75, 3.05) is 27.2 Å². The largest absolute Gasteiger partial charge is 0.370 e. The second-order valence-electron chi connectivity index (χ2n) is 5.28. The zero-order chi connectivity index (χ0) is 13.4. The van der Waals surface area contributed by atoms with Crippen molar-refractivity contribution in [1.29, 1.82) is 0 Å². The van der Waals surface area contributed by atoms with E-state index in [1.54, 1.807) is 0 Å². The molecule has 0 spiro atoms. The molecule has 0 amide bonds. The highest BCUT2D eigenvalue weighted by Gasteiger charge is 2.12. The number of halogens is 1. The van der Waals surface area contributed by atoms with Gasteiger partial charge in [-0.2, -0.15) is 0 Å². The Morgan fingerprint density at radius 2 is 1.94 bits per heavy atom. The second kappa shape index (κ2) is 10.6. The van der Waals surface area contributed by atoms with Gasteiger partial charge in [0.05, 0.1) is 6.54 Å². The lowest BCUT2D eigenvalue weighted by Crippen LogP contribution is -2.36. The Bertz CT molecular complexity index is 262. The standard InChI is InChI=1S/C13H28N4.HI/c1-10(2)7-12(17(5)6)9-16-13(14)15-8-11(3)4;/h10,12H,3,7-9H2,1-2,4-6H3,(H3,14,15,16);1H. The summed E-state index contributed by atoms with van der Waals surface area (Å²) < 4.78 is 0. The Balaban J connectivity index is 0. The van der Waals surface area contributed by atoms with Crippen molar-refractivity contribution in [1.82, 2.24) is 10.2 Å². The molecule has 0 bridgehead atoms. The van der Waals surface area contributed by atoms with Gasteiger partial charge in [-0.15, -0.1) is 24.0 Å². The Hall–Kier alpha value is -0.300. The highest BCUT2D eigenvalue weighted by Crippen LogP contribution is 2.09. The molecule has 4 nitrogen and oxygen atoms in total. The van der Waals surface area contributed by atoms with E-state index in [1.165, 1.54) is 0 Å². The molecule has 0 aliphatic heterocycles. The van der Waals surface area contributed by atoms with Crippen LogP contribution >= 0.6 is 24.0 Å². The van der Waals surface area contributed by atoms with Crippen LogP contribution in [0.1, 0.15) is 27.2 Å². The summed E-state index contributed by atoms with van der Waals surface area (Å²) in [6.45, 7) is 11.6. The van der Waals surface area contributed by atoms with Gasteiger partial charge in [-0.3, -0.25) is 4.99 Å². The van der Waals surface area contributed by atoms with Gasteiger partial charge in [-0.1, -0.05) is 26.0 Å². The number of hydrogen-bond acceptors (Lipinski definition) is 2. The zero-order valence-electron chi connectivity index (χ0n) is 12.4. The second-order valence-corrected chi connectivity index (χ2v) is 5.28. The van der Waals surface area contributed by atoms with E-state index < -0.39 is 0 Å². The molecule has 0 aromatic heterocycles. The molecule has 0 radical (unpaired) electrons. The molecule has 0 heterocycles. The van der Waals surface area contributed by atoms with Crippen LogP contribution in [0.2, 0.25) is 0 Å². The highest BCUT2D eigenvalue weighted by atomic mass is 127. The van der Waals surface area contributed by atoms with E-state index in [-0.39, 0.29) is 24.0 Å². The summed E-state index contributed by atoms with van der Waals surface area (Å²) in [6, 6.07) is 0.445. The molecule has 0 aromatic carbocycles. The molecule has 1 unspecified atom stereocenters. The molecule has 3 N–H and O–H groups in total. The first-order valence-corrected chi connectivity index (χ1v) is 6.17. The summed E-state index contributed by atoms with van der Waals surface area (Å²) in [4.78, 5) is 6.58. The summed E-state index contributed by atoms with van der Waals surface area (Å²) in [7, 11) is 4.17. The maximum atomic E-state index is 5.78. The Morgan fingerprint density at radius 1 is 1.39 bits per heavy atom. The first-order valence-electron chi connectivity index (χ1n) is 6.17. The first kappa shape index (κ1) is 20.0. The minimum absolute atomic E-state index is 0. The number of rotatable bonds is 7. The van der Waals surface area contributed by atoms with Gasteiger partial charge < -0.3 is 16.0 Å². The number of nitrogens with one attached hydrogen (secondary N) is 1. The summed E-state index contributed by atoms with van der Waals surface area (Å²) in [5, 5.41) is 3.04. The third-order valence-corrected chi connectivity index (χ3v) is 2.52. The van der Waals surface area contributed by atoms with Crippen LogP contribution in [0, 0.1) is 5.92 Å². The van der Waals surface area contributed by atoms with E-state index in [0.717, 1.165) is 18.5 Å². The van der Waals surface area contributed by atoms with Crippen LogP contribution < -0.4 is 11.1 Å². The van der Waals surface area contributed by atoms with Crippen LogP contribution in [0.25, 0.3) is 0 Å². The van der Waals surface area contributed by atoms with Gasteiger partial charge in [0.1, 0.15) is 0 Å². The van der Waals surface area contributed by atoms with E-state index in [2.05, 4.69) is 49.7 Å². The predicted octanol–water partition coefficient (Wildman–Crippen LogP) is 2.06. The van der Waals surface area contributed by atoms with E-state index in [4.69, 9.17) is 5.73 Å². The van der Waals surface area contributed by atoms with Crippen LogP contribution in [-0.4, -0.2) is 44.1 Å². The van der Waals surface area contributed by atoms with E-state index in [1.807, 2.05) is 6.92 Å². The normalized spacial score (nSPS) is 13.4. The topological polar surface area (TPSA) is 53.6 Å². The molecular formula is C13H29IN4. The third kappa shape index (κ3) is 10.8. The quantitative estimate of drug-likeness (QED) is 0.313. The maximum absolute atomic E-state index is 5.78. The lowest BCUT2D eigenvalue weighted by atomic mass is 10.0. The zero-order valence-corrected chi connectivity index (χ0v) is 14.7. The van der Waals surface area contributed by atoms with E-state index >= 15 is 0 Å². The summed E-state index contributed by atoms with van der Waals surface area (Å²) in [6.07, 6.45) is 1.13. The van der Waals surface area contributed by atoms with Crippen LogP contribution in [0.4, 0.5) is 0 Å². The molecule has 18 heavy (non-hydrogen) atoms. The fourth-order valence-electron chi connectivity index (χ4n) is 1.49. The molecule has 0 saturated heterocycles. The maximum Gasteiger partial charge on any atom is 0.188 e. The predicted molar refractivity (Wildman–Crippen MR) is 91.7 cm³/mol. The first-order chi connectivity index (χ1) is 7.82. The van der Waals surface area contributed by atoms with Crippen LogP contribution in [0.3, 0.4) is 0 Å². The van der Waals surface area contributed by atoms with Crippen molar-refractivity contribution in [2.24, 2.45) is 16.6 Å². The molecule has 0 fully saturated rings. The van der Waals surface area contributed by atoms with Crippen molar-refractivity contribution in [2.45, 2.75) is 33.2 Å². The van der Waals surface area contributed by atoms with Gasteiger partial charge in [0.2, 0.25) is 0 Å². The van der Waals surface area contributed by atoms with Gasteiger partial charge in [0.25, 0.3) is 0 Å². The molecule has 0 rings (SSSR count). The third-order valence-electron chi connectivity index (χ3n) is 2.52. The molecule has 0 aromatic rings. The van der Waals surface area contributed by atoms with Gasteiger partial charge in [-0.05, 0) is 33.4 Å². The number of aliphatic imine (C=N–C) groups is 1. The van der Waals surface area contributed by atoms with Crippen LogP contribution in [-0.2, 0) is 0 Å². The van der Waals surface area contributed by atoms with Gasteiger partial charge in [0, 0.05) is 12.6 Å². The van der Waals surface area contributed by atoms with Crippen molar-refractivity contribution < 1.29 is 0 Å². The molecule has 0 aliphatic rings. The lowest BCUT2D eigenvalue weighted by molar-refractivity contribution is 0.261. The molecular weight excluding hydrogens is 339 g/mol. The molecule has 0 aliphatic carbocycles. The number of hydrogen-bond donors (Lipinski definition) is 2. The molecule has 5 heteroatoms. The van der Waals surface area contributed by atoms with E-state index in [9.17, 15) is 0 Å². The van der Waals surface area contributed by atoms with Gasteiger partial charge in [-0.25, -0.2) is 0 Å². The average molecular weight is 368 g/mol. The summed E-state index contributed by atoms with van der Waals surface area (Å²) >= 11 is 0. The van der Waals surface area contributed by atoms with Crippen molar-refractivity contribution in [3.63, 3.8) is 0 Å². The summed E-state index contributed by atoms with van der Waals surface area (Å²) in [5.41, 5.74) is 6.83. The average Bonchev–Trinajstić information content (AvgIpc) is 2.20. The monoisotopic (exact) mass is 368 g/mol. The Morgan fingerprint density at radius 3 is 2.33 bits per heavy atom. The smallest absolute Gasteiger partial charge is 0.188 e. The van der Waals surface area contributed by atoms with Crippen molar-refractivity contribution in [3.05, 3.63) is 12.2 Å². The van der Waals surface area contributed by atoms with Crippen LogP contribution in [0.5, 0.6) is 0 Å². The summed E-state index contributed by atoms with van der Waals surface area (Å²) in [5.74, 6) is 1.17. The number of nitrogens with zero attached hydrogens (tertiary/aromatic N) is 2. The fourth-order valence-corrected chi connectivity index (χ4v) is 1.49. The minimum Gasteiger partial charge on any atom is -0.370 e. The number of guanidine groups is 1. The van der Waals surface area contributed by atoms with E-state index in [0.29, 0.717) is 24.5 Å². The van der Waals surface area contributed by atoms with Crippen molar-refractivity contribution in [3.8, 4) is 0 Å². The lowest BCUT2D eigenvalue weighted by Gasteiger charge is -2.24. The Labute approximate surface area is 129 Å². The van der Waals surface area contributed by atoms with Gasteiger partial charge in [0.15, 0.2) is 5.96 Å². The Kier molecular flexibility index (Phi) is 11.8. The molecule has 1 atom stereocenters. The molecule has 0 saturated carbocycles. The number of likely N-dealkylation sites (N-methyl/N-ethyl adjacent to an activating group) is 1. The molecule has 108 valence electrons.